The van der Waals surface area contributed by atoms with Crippen molar-refractivity contribution < 1.29 is 13.9 Å². The maximum atomic E-state index is 13.7. The summed E-state index contributed by atoms with van der Waals surface area (Å²) in [5, 5.41) is 0. The highest BCUT2D eigenvalue weighted by Gasteiger charge is 2.10. The lowest BCUT2D eigenvalue weighted by Gasteiger charge is -2.08. The highest BCUT2D eigenvalue weighted by molar-refractivity contribution is 14.1. The van der Waals surface area contributed by atoms with Gasteiger partial charge in [0.2, 0.25) is 5.91 Å². The number of carbonyl (C=O) groups is 1. The molecule has 0 aromatic heterocycles. The van der Waals surface area contributed by atoms with Gasteiger partial charge in [-0.15, -0.1) is 0 Å². The van der Waals surface area contributed by atoms with Gasteiger partial charge in [-0.3, -0.25) is 4.79 Å². The highest BCUT2D eigenvalue weighted by atomic mass is 127. The van der Waals surface area contributed by atoms with Crippen molar-refractivity contribution in [2.45, 2.75) is 0 Å². The van der Waals surface area contributed by atoms with E-state index in [9.17, 15) is 9.18 Å². The number of ether oxygens (including phenoxy) is 1. The summed E-state index contributed by atoms with van der Waals surface area (Å²) in [7, 11) is 0. The van der Waals surface area contributed by atoms with Crippen LogP contribution in [0.2, 0.25) is 0 Å². The maximum absolute atomic E-state index is 13.7. The molecule has 0 bridgehead atoms. The Morgan fingerprint density at radius 3 is 2.50 bits per heavy atom. The summed E-state index contributed by atoms with van der Waals surface area (Å²) in [4.78, 5) is 10.9. The molecular formula is C13H9FINO2. The monoisotopic (exact) mass is 357 g/mol. The number of amides is 1. The molecule has 0 fully saturated rings. The summed E-state index contributed by atoms with van der Waals surface area (Å²) in [5.41, 5.74) is 5.18. The van der Waals surface area contributed by atoms with Gasteiger partial charge in [-0.2, -0.15) is 0 Å². The SMILES string of the molecule is NC(=O)c1ccc(Oc2ccccc2I)c(F)c1. The number of hydrogen-bond donors (Lipinski definition) is 1. The Labute approximate surface area is 117 Å². The second-order valence-corrected chi connectivity index (χ2v) is 4.70. The molecule has 0 spiro atoms. The average Bonchev–Trinajstić information content (AvgIpc) is 2.34. The molecule has 0 radical (unpaired) electrons. The van der Waals surface area contributed by atoms with Crippen LogP contribution in [0.4, 0.5) is 4.39 Å². The average molecular weight is 357 g/mol. The Hall–Kier alpha value is -1.63. The van der Waals surface area contributed by atoms with E-state index < -0.39 is 11.7 Å². The van der Waals surface area contributed by atoms with Gasteiger partial charge >= 0.3 is 0 Å². The van der Waals surface area contributed by atoms with E-state index in [-0.39, 0.29) is 11.3 Å². The number of nitrogens with two attached hydrogens (primary N) is 1. The zero-order valence-corrected chi connectivity index (χ0v) is 11.3. The molecule has 0 aliphatic heterocycles. The van der Waals surface area contributed by atoms with Gasteiger partial charge in [-0.05, 0) is 52.9 Å². The van der Waals surface area contributed by atoms with Crippen molar-refractivity contribution >= 4 is 28.5 Å². The van der Waals surface area contributed by atoms with Gasteiger partial charge in [-0.1, -0.05) is 12.1 Å². The smallest absolute Gasteiger partial charge is 0.248 e. The van der Waals surface area contributed by atoms with Crippen LogP contribution in [-0.4, -0.2) is 5.91 Å². The molecule has 0 aliphatic rings. The first-order chi connectivity index (χ1) is 8.58. The summed E-state index contributed by atoms with van der Waals surface area (Å²) in [5.74, 6) is -0.673. The minimum Gasteiger partial charge on any atom is -0.453 e. The number of rotatable bonds is 3. The molecule has 18 heavy (non-hydrogen) atoms. The summed E-state index contributed by atoms with van der Waals surface area (Å²) in [6.07, 6.45) is 0. The lowest BCUT2D eigenvalue weighted by Crippen LogP contribution is -2.11. The Bertz CT molecular complexity index is 601. The van der Waals surface area contributed by atoms with Crippen LogP contribution in [0.5, 0.6) is 11.5 Å². The van der Waals surface area contributed by atoms with E-state index in [0.29, 0.717) is 5.75 Å². The van der Waals surface area contributed by atoms with Crippen molar-refractivity contribution in [1.82, 2.24) is 0 Å². The van der Waals surface area contributed by atoms with Gasteiger partial charge in [0.15, 0.2) is 11.6 Å². The number of carbonyl (C=O) groups excluding carboxylic acids is 1. The van der Waals surface area contributed by atoms with Crippen molar-refractivity contribution in [3.63, 3.8) is 0 Å². The van der Waals surface area contributed by atoms with Crippen LogP contribution in [0.1, 0.15) is 10.4 Å². The van der Waals surface area contributed by atoms with Crippen LogP contribution in [-0.2, 0) is 0 Å². The fourth-order valence-electron chi connectivity index (χ4n) is 1.38. The lowest BCUT2D eigenvalue weighted by atomic mass is 10.2. The maximum Gasteiger partial charge on any atom is 0.248 e. The van der Waals surface area contributed by atoms with Crippen molar-refractivity contribution in [3.05, 3.63) is 57.4 Å². The largest absolute Gasteiger partial charge is 0.453 e. The molecule has 2 N–H and O–H groups in total. The molecular weight excluding hydrogens is 348 g/mol. The topological polar surface area (TPSA) is 52.3 Å². The molecule has 5 heteroatoms. The summed E-state index contributed by atoms with van der Waals surface area (Å²) in [6.45, 7) is 0. The van der Waals surface area contributed by atoms with Gasteiger partial charge in [0.05, 0.1) is 3.57 Å². The molecule has 3 nitrogen and oxygen atoms in total. The van der Waals surface area contributed by atoms with E-state index in [1.807, 2.05) is 12.1 Å². The van der Waals surface area contributed by atoms with E-state index in [0.717, 1.165) is 9.64 Å². The lowest BCUT2D eigenvalue weighted by molar-refractivity contribution is 0.1000. The van der Waals surface area contributed by atoms with E-state index in [1.165, 1.54) is 12.1 Å². The molecule has 0 heterocycles. The number of halogens is 2. The van der Waals surface area contributed by atoms with Crippen molar-refractivity contribution in [2.24, 2.45) is 5.73 Å². The fraction of sp³-hybridized carbons (Fsp3) is 0. The minimum absolute atomic E-state index is 0.0594. The summed E-state index contributed by atoms with van der Waals surface area (Å²) < 4.78 is 20.0. The zero-order chi connectivity index (χ0) is 13.1. The summed E-state index contributed by atoms with van der Waals surface area (Å²) >= 11 is 2.09. The number of hydrogen-bond acceptors (Lipinski definition) is 2. The Morgan fingerprint density at radius 1 is 1.17 bits per heavy atom. The Kier molecular flexibility index (Phi) is 3.81. The third-order valence-electron chi connectivity index (χ3n) is 2.27. The van der Waals surface area contributed by atoms with Gasteiger partial charge < -0.3 is 10.5 Å². The minimum atomic E-state index is -0.672. The predicted octanol–water partition coefficient (Wildman–Crippen LogP) is 3.32. The van der Waals surface area contributed by atoms with E-state index in [2.05, 4.69) is 22.6 Å². The quantitative estimate of drug-likeness (QED) is 0.857. The molecule has 0 saturated carbocycles. The number of benzene rings is 2. The van der Waals surface area contributed by atoms with Crippen LogP contribution >= 0.6 is 22.6 Å². The van der Waals surface area contributed by atoms with Gasteiger partial charge in [-0.25, -0.2) is 4.39 Å². The molecule has 92 valence electrons. The van der Waals surface area contributed by atoms with Crippen LogP contribution in [0, 0.1) is 9.39 Å². The van der Waals surface area contributed by atoms with Gasteiger partial charge in [0, 0.05) is 5.56 Å². The Balaban J connectivity index is 2.30. The molecule has 0 saturated heterocycles. The first-order valence-corrected chi connectivity index (χ1v) is 6.17. The van der Waals surface area contributed by atoms with Crippen molar-refractivity contribution in [1.29, 1.82) is 0 Å². The molecule has 0 aliphatic carbocycles. The molecule has 0 atom stereocenters. The Morgan fingerprint density at radius 2 is 1.89 bits per heavy atom. The highest BCUT2D eigenvalue weighted by Crippen LogP contribution is 2.28. The fourth-order valence-corrected chi connectivity index (χ4v) is 1.88. The number of primary amides is 1. The van der Waals surface area contributed by atoms with Crippen LogP contribution in [0.15, 0.2) is 42.5 Å². The molecule has 1 amide bonds. The third kappa shape index (κ3) is 2.79. The van der Waals surface area contributed by atoms with Crippen molar-refractivity contribution in [3.8, 4) is 11.5 Å². The first-order valence-electron chi connectivity index (χ1n) is 5.09. The second kappa shape index (κ2) is 5.34. The van der Waals surface area contributed by atoms with Gasteiger partial charge in [0.1, 0.15) is 5.75 Å². The zero-order valence-electron chi connectivity index (χ0n) is 9.19. The predicted molar refractivity (Wildman–Crippen MR) is 74.2 cm³/mol. The van der Waals surface area contributed by atoms with Crippen LogP contribution in [0.25, 0.3) is 0 Å². The van der Waals surface area contributed by atoms with Crippen LogP contribution in [0.3, 0.4) is 0 Å². The summed E-state index contributed by atoms with van der Waals surface area (Å²) in [6, 6.07) is 11.1. The third-order valence-corrected chi connectivity index (χ3v) is 3.16. The molecule has 2 aromatic carbocycles. The standard InChI is InChI=1S/C13H9FINO2/c14-9-7-8(13(16)17)5-6-11(9)18-12-4-2-1-3-10(12)15/h1-7H,(H2,16,17). The van der Waals surface area contributed by atoms with E-state index >= 15 is 0 Å². The molecule has 2 rings (SSSR count). The van der Waals surface area contributed by atoms with Crippen LogP contribution < -0.4 is 10.5 Å². The molecule has 0 unspecified atom stereocenters. The van der Waals surface area contributed by atoms with Crippen molar-refractivity contribution in [2.75, 3.05) is 0 Å². The normalized spacial score (nSPS) is 10.1. The van der Waals surface area contributed by atoms with Gasteiger partial charge in [0.25, 0.3) is 0 Å². The second-order valence-electron chi connectivity index (χ2n) is 3.54. The molecule has 2 aromatic rings. The number of para-hydroxylation sites is 1. The first kappa shape index (κ1) is 12.8. The van der Waals surface area contributed by atoms with E-state index in [4.69, 9.17) is 10.5 Å². The van der Waals surface area contributed by atoms with E-state index in [1.54, 1.807) is 12.1 Å².